The Bertz CT molecular complexity index is 754. The van der Waals surface area contributed by atoms with Gasteiger partial charge < -0.3 is 14.8 Å². The molecule has 0 aliphatic heterocycles. The second kappa shape index (κ2) is 8.60. The summed E-state index contributed by atoms with van der Waals surface area (Å²) in [4.78, 5) is 0. The van der Waals surface area contributed by atoms with Gasteiger partial charge in [0.05, 0.1) is 20.4 Å². The largest absolute Gasteiger partial charge is 0.493 e. The van der Waals surface area contributed by atoms with E-state index >= 15 is 0 Å². The fourth-order valence-corrected chi connectivity index (χ4v) is 2.42. The summed E-state index contributed by atoms with van der Waals surface area (Å²) in [7, 11) is 3.13. The van der Waals surface area contributed by atoms with Crippen molar-refractivity contribution in [3.05, 3.63) is 52.3 Å². The number of methoxy groups -OCH3 is 2. The molecular formula is C16H15BrFN3O2S. The molecule has 0 spiro atoms. The first-order valence-corrected chi connectivity index (χ1v) is 8.00. The number of thiocarbonyl (C=S) groups is 1. The van der Waals surface area contributed by atoms with E-state index in [-0.39, 0.29) is 10.9 Å². The van der Waals surface area contributed by atoms with Crippen LogP contribution in [0.5, 0.6) is 11.5 Å². The number of nitrogens with zero attached hydrogens (tertiary/aromatic N) is 1. The highest BCUT2D eigenvalue weighted by atomic mass is 79.9. The Balaban J connectivity index is 2.00. The van der Waals surface area contributed by atoms with Crippen LogP contribution in [0.25, 0.3) is 0 Å². The molecule has 0 radical (unpaired) electrons. The molecule has 0 heterocycles. The van der Waals surface area contributed by atoms with Crippen LogP contribution in [-0.4, -0.2) is 25.5 Å². The topological polar surface area (TPSA) is 54.9 Å². The van der Waals surface area contributed by atoms with Gasteiger partial charge in [-0.3, -0.25) is 5.43 Å². The van der Waals surface area contributed by atoms with Gasteiger partial charge in [0.2, 0.25) is 0 Å². The number of halogens is 2. The summed E-state index contributed by atoms with van der Waals surface area (Å²) in [5.41, 5.74) is 4.14. The maximum Gasteiger partial charge on any atom is 0.191 e. The van der Waals surface area contributed by atoms with E-state index in [9.17, 15) is 4.39 Å². The van der Waals surface area contributed by atoms with Crippen LogP contribution >= 0.6 is 28.1 Å². The van der Waals surface area contributed by atoms with Crippen molar-refractivity contribution >= 4 is 45.2 Å². The molecule has 0 aliphatic rings. The Morgan fingerprint density at radius 2 is 1.79 bits per heavy atom. The molecule has 8 heteroatoms. The molecule has 0 saturated heterocycles. The van der Waals surface area contributed by atoms with E-state index in [0.29, 0.717) is 17.2 Å². The summed E-state index contributed by atoms with van der Waals surface area (Å²) in [5.74, 6) is 0.896. The van der Waals surface area contributed by atoms with Crippen molar-refractivity contribution in [2.45, 2.75) is 0 Å². The van der Waals surface area contributed by atoms with Crippen molar-refractivity contribution < 1.29 is 13.9 Å². The van der Waals surface area contributed by atoms with Gasteiger partial charge in [-0.15, -0.1) is 0 Å². The van der Waals surface area contributed by atoms with Gasteiger partial charge in [0.15, 0.2) is 16.6 Å². The standard InChI is InChI=1S/C16H15BrFN3O2S/c1-22-14-7-10(13(17)8-15(14)23-2)9-19-21-16(24)20-12-5-3-11(18)4-6-12/h3-9H,1-2H3,(H2,20,21,24)/b19-9-. The Morgan fingerprint density at radius 1 is 1.17 bits per heavy atom. The van der Waals surface area contributed by atoms with Crippen LogP contribution < -0.4 is 20.2 Å². The minimum atomic E-state index is -0.309. The number of benzene rings is 2. The van der Waals surface area contributed by atoms with Crippen LogP contribution in [0.3, 0.4) is 0 Å². The molecule has 0 atom stereocenters. The Morgan fingerprint density at radius 3 is 2.42 bits per heavy atom. The first kappa shape index (κ1) is 18.2. The van der Waals surface area contributed by atoms with Crippen molar-refractivity contribution in [1.29, 1.82) is 0 Å². The first-order valence-electron chi connectivity index (χ1n) is 6.80. The van der Waals surface area contributed by atoms with E-state index < -0.39 is 0 Å². The molecule has 0 aromatic heterocycles. The lowest BCUT2D eigenvalue weighted by Crippen LogP contribution is -2.23. The third-order valence-electron chi connectivity index (χ3n) is 2.97. The number of ether oxygens (including phenoxy) is 2. The molecule has 2 aromatic rings. The number of hydrazone groups is 1. The fraction of sp³-hybridized carbons (Fsp3) is 0.125. The zero-order chi connectivity index (χ0) is 17.5. The van der Waals surface area contributed by atoms with Crippen LogP contribution in [0.1, 0.15) is 5.56 Å². The summed E-state index contributed by atoms with van der Waals surface area (Å²) in [6.07, 6.45) is 1.59. The number of hydrogen-bond donors (Lipinski definition) is 2. The summed E-state index contributed by atoms with van der Waals surface area (Å²) in [5, 5.41) is 7.25. The molecule has 0 aliphatic carbocycles. The Kier molecular flexibility index (Phi) is 6.51. The highest BCUT2D eigenvalue weighted by Crippen LogP contribution is 2.32. The Labute approximate surface area is 153 Å². The van der Waals surface area contributed by atoms with Gasteiger partial charge in [0, 0.05) is 15.7 Å². The highest BCUT2D eigenvalue weighted by molar-refractivity contribution is 9.10. The third-order valence-corrected chi connectivity index (χ3v) is 3.85. The number of anilines is 1. The number of nitrogens with one attached hydrogen (secondary N) is 2. The van der Waals surface area contributed by atoms with Crippen molar-refractivity contribution in [2.75, 3.05) is 19.5 Å². The molecule has 0 fully saturated rings. The molecule has 126 valence electrons. The average Bonchev–Trinajstić information content (AvgIpc) is 2.58. The van der Waals surface area contributed by atoms with Gasteiger partial charge in [-0.2, -0.15) is 5.10 Å². The predicted molar refractivity (Wildman–Crippen MR) is 101 cm³/mol. The number of hydrogen-bond acceptors (Lipinski definition) is 4. The van der Waals surface area contributed by atoms with Gasteiger partial charge in [0.1, 0.15) is 5.82 Å². The monoisotopic (exact) mass is 411 g/mol. The van der Waals surface area contributed by atoms with Gasteiger partial charge in [-0.25, -0.2) is 4.39 Å². The van der Waals surface area contributed by atoms with Gasteiger partial charge in [-0.1, -0.05) is 0 Å². The predicted octanol–water partition coefficient (Wildman–Crippen LogP) is 3.93. The summed E-state index contributed by atoms with van der Waals surface area (Å²) in [6, 6.07) is 9.42. The first-order chi connectivity index (χ1) is 11.5. The number of rotatable bonds is 5. The minimum Gasteiger partial charge on any atom is -0.493 e. The van der Waals surface area contributed by atoms with Crippen LogP contribution in [0.4, 0.5) is 10.1 Å². The van der Waals surface area contributed by atoms with Gasteiger partial charge in [-0.05, 0) is 64.5 Å². The molecular weight excluding hydrogens is 397 g/mol. The molecule has 0 bridgehead atoms. The van der Waals surface area contributed by atoms with E-state index in [1.54, 1.807) is 44.7 Å². The van der Waals surface area contributed by atoms with Crippen LogP contribution in [-0.2, 0) is 0 Å². The van der Waals surface area contributed by atoms with Crippen LogP contribution in [0.2, 0.25) is 0 Å². The second-order valence-electron chi connectivity index (χ2n) is 4.56. The van der Waals surface area contributed by atoms with Gasteiger partial charge in [0.25, 0.3) is 0 Å². The zero-order valence-electron chi connectivity index (χ0n) is 13.0. The lowest BCUT2D eigenvalue weighted by atomic mass is 10.2. The van der Waals surface area contributed by atoms with Crippen LogP contribution in [0.15, 0.2) is 46.0 Å². The van der Waals surface area contributed by atoms with E-state index in [0.717, 1.165) is 10.0 Å². The molecule has 0 unspecified atom stereocenters. The normalized spacial score (nSPS) is 10.5. The summed E-state index contributed by atoms with van der Waals surface area (Å²) < 4.78 is 24.1. The molecule has 2 N–H and O–H groups in total. The van der Waals surface area contributed by atoms with Crippen molar-refractivity contribution in [2.24, 2.45) is 5.10 Å². The molecule has 5 nitrogen and oxygen atoms in total. The van der Waals surface area contributed by atoms with E-state index in [1.807, 2.05) is 0 Å². The fourth-order valence-electron chi connectivity index (χ4n) is 1.82. The summed E-state index contributed by atoms with van der Waals surface area (Å²) in [6.45, 7) is 0. The zero-order valence-corrected chi connectivity index (χ0v) is 15.4. The molecule has 2 aromatic carbocycles. The average molecular weight is 412 g/mol. The second-order valence-corrected chi connectivity index (χ2v) is 5.82. The molecule has 2 rings (SSSR count). The maximum absolute atomic E-state index is 12.8. The molecule has 24 heavy (non-hydrogen) atoms. The van der Waals surface area contributed by atoms with Crippen molar-refractivity contribution in [1.82, 2.24) is 5.43 Å². The molecule has 0 amide bonds. The SMILES string of the molecule is COc1cc(Br)c(/C=N\NC(=S)Nc2ccc(F)cc2)cc1OC. The smallest absolute Gasteiger partial charge is 0.191 e. The van der Waals surface area contributed by atoms with Gasteiger partial charge >= 0.3 is 0 Å². The van der Waals surface area contributed by atoms with E-state index in [4.69, 9.17) is 21.7 Å². The van der Waals surface area contributed by atoms with Crippen molar-refractivity contribution in [3.8, 4) is 11.5 Å². The highest BCUT2D eigenvalue weighted by Gasteiger charge is 2.08. The molecule has 0 saturated carbocycles. The van der Waals surface area contributed by atoms with E-state index in [1.165, 1.54) is 12.1 Å². The Hall–Kier alpha value is -2.19. The quantitative estimate of drug-likeness (QED) is 0.443. The lowest BCUT2D eigenvalue weighted by Gasteiger charge is -2.10. The minimum absolute atomic E-state index is 0.287. The maximum atomic E-state index is 12.8. The van der Waals surface area contributed by atoms with Crippen LogP contribution in [0, 0.1) is 5.82 Å². The van der Waals surface area contributed by atoms with Crippen molar-refractivity contribution in [3.63, 3.8) is 0 Å². The summed E-state index contributed by atoms with van der Waals surface area (Å²) >= 11 is 8.56. The van der Waals surface area contributed by atoms with E-state index in [2.05, 4.69) is 31.8 Å². The lowest BCUT2D eigenvalue weighted by molar-refractivity contribution is 0.354. The third kappa shape index (κ3) is 4.90.